The summed E-state index contributed by atoms with van der Waals surface area (Å²) < 4.78 is 5.41. The molecule has 0 saturated carbocycles. The molecule has 0 unspecified atom stereocenters. The Balaban J connectivity index is 0.000000143. The van der Waals surface area contributed by atoms with E-state index >= 15 is 0 Å². The summed E-state index contributed by atoms with van der Waals surface area (Å²) in [5.41, 5.74) is 21.3. The van der Waals surface area contributed by atoms with Gasteiger partial charge in [0.05, 0.1) is 51.0 Å². The van der Waals surface area contributed by atoms with Crippen LogP contribution >= 0.6 is 0 Å². The molecular weight excluding hydrogens is 1620 g/mol. The van der Waals surface area contributed by atoms with E-state index < -0.39 is 6.03 Å². The Hall–Kier alpha value is -15.2. The van der Waals surface area contributed by atoms with E-state index in [1.165, 1.54) is 22.3 Å². The molecule has 9 aromatic heterocycles. The summed E-state index contributed by atoms with van der Waals surface area (Å²) in [5, 5.41) is 53.6. The maximum Gasteiger partial charge on any atom is 0.324 e. The van der Waals surface area contributed by atoms with Crippen LogP contribution in [0.4, 0.5) is 89.6 Å². The lowest BCUT2D eigenvalue weighted by atomic mass is 9.92. The minimum absolute atomic E-state index is 0.173. The zero-order valence-corrected chi connectivity index (χ0v) is 74.4. The molecule has 0 aliphatic carbocycles. The van der Waals surface area contributed by atoms with Gasteiger partial charge in [-0.3, -0.25) is 25.9 Å². The van der Waals surface area contributed by atoms with Crippen molar-refractivity contribution in [1.82, 2.24) is 90.1 Å². The van der Waals surface area contributed by atoms with E-state index in [9.17, 15) is 14.4 Å². The maximum absolute atomic E-state index is 13.4. The van der Waals surface area contributed by atoms with Crippen molar-refractivity contribution in [2.24, 2.45) is 0 Å². The number of rotatable bonds is 18. The van der Waals surface area contributed by atoms with Gasteiger partial charge in [-0.15, -0.1) is 0 Å². The average molecular weight is 1720 g/mol. The van der Waals surface area contributed by atoms with Gasteiger partial charge in [0.1, 0.15) is 23.3 Å². The molecule has 129 heavy (non-hydrogen) atoms. The SMILES string of the molecule is Cc1ccc(NC(=O)Nc2cc(C(C)(C)C)nn2-c2ccc3c(c2)CCNC3)cc1Nc1nccc(-c2cccnc2)n1.Cc1ccc(NC(=O)Nc2cc(C(C)(C)C)nn2-c2ccc3c(c2)CCNC3)cc1Nc1ncccn1.Cc1ccc(NC(=O)Nc2cc(C(C)(C)C)nn2-c2ccc3nc(N4CCNCC4)ccc3c2)cc1Nc1nccc(-c2cccnc2)n1. The third-order valence-electron chi connectivity index (χ3n) is 22.2. The summed E-state index contributed by atoms with van der Waals surface area (Å²) >= 11 is 0. The number of pyridine rings is 3. The lowest BCUT2D eigenvalue weighted by molar-refractivity contribution is 0.261. The van der Waals surface area contributed by atoms with Crippen molar-refractivity contribution in [2.75, 3.05) is 92.0 Å². The van der Waals surface area contributed by atoms with Crippen LogP contribution in [0, 0.1) is 20.8 Å². The van der Waals surface area contributed by atoms with E-state index in [4.69, 9.17) is 20.3 Å². The Kier molecular flexibility index (Phi) is 25.9. The third kappa shape index (κ3) is 21.8. The summed E-state index contributed by atoms with van der Waals surface area (Å²) in [7, 11) is 0. The van der Waals surface area contributed by atoms with Gasteiger partial charge in [-0.05, 0) is 219 Å². The maximum atomic E-state index is 13.4. The van der Waals surface area contributed by atoms with Gasteiger partial charge in [0.2, 0.25) is 17.8 Å². The van der Waals surface area contributed by atoms with E-state index in [2.05, 4.69) is 225 Å². The third-order valence-corrected chi connectivity index (χ3v) is 22.2. The number of hydrogen-bond acceptors (Lipinski definition) is 22. The largest absolute Gasteiger partial charge is 0.354 e. The van der Waals surface area contributed by atoms with Crippen LogP contribution in [-0.2, 0) is 42.2 Å². The Morgan fingerprint density at radius 3 is 1.19 bits per heavy atom. The topological polar surface area (TPSA) is 368 Å². The lowest BCUT2D eigenvalue weighted by Crippen LogP contribution is -2.43. The van der Waals surface area contributed by atoms with Crippen molar-refractivity contribution in [3.8, 4) is 39.6 Å². The monoisotopic (exact) mass is 1720 g/mol. The van der Waals surface area contributed by atoms with Crippen LogP contribution in [-0.4, -0.2) is 132 Å². The molecule has 1 fully saturated rings. The van der Waals surface area contributed by atoms with E-state index in [1.807, 2.05) is 151 Å². The summed E-state index contributed by atoms with van der Waals surface area (Å²) in [6, 6.07) is 57.7. The Labute approximate surface area is 749 Å². The molecule has 0 radical (unpaired) electrons. The summed E-state index contributed by atoms with van der Waals surface area (Å²) in [4.78, 5) is 81.9. The minimum atomic E-state index is -0.394. The highest BCUT2D eigenvalue weighted by atomic mass is 16.2. The highest BCUT2D eigenvalue weighted by Crippen LogP contribution is 2.35. The molecular formula is C98H106N28O3. The molecule has 6 amide bonds. The number of carbonyl (C=O) groups is 3. The number of piperazine rings is 1. The molecule has 18 rings (SSSR count). The molecule has 31 nitrogen and oxygen atoms in total. The molecule has 12 N–H and O–H groups in total. The highest BCUT2D eigenvalue weighted by Gasteiger charge is 2.28. The first-order valence-electron chi connectivity index (χ1n) is 43.1. The van der Waals surface area contributed by atoms with Gasteiger partial charge in [-0.25, -0.2) is 63.3 Å². The quantitative estimate of drug-likeness (QED) is 0.0380. The predicted octanol–water partition coefficient (Wildman–Crippen LogP) is 18.3. The Bertz CT molecular complexity index is 6550. The molecule has 6 aromatic carbocycles. The molecule has 12 heterocycles. The molecule has 0 bridgehead atoms. The summed E-state index contributed by atoms with van der Waals surface area (Å²) in [6.07, 6.45) is 15.7. The van der Waals surface area contributed by atoms with Crippen molar-refractivity contribution in [3.05, 3.63) is 288 Å². The molecule has 31 heteroatoms. The van der Waals surface area contributed by atoms with Crippen molar-refractivity contribution in [3.63, 3.8) is 0 Å². The number of nitrogens with zero attached hydrogens (tertiary/aromatic N) is 16. The number of hydrogen-bond donors (Lipinski definition) is 12. The highest BCUT2D eigenvalue weighted by molar-refractivity contribution is 6.02. The first-order chi connectivity index (χ1) is 62.2. The van der Waals surface area contributed by atoms with Crippen LogP contribution in [0.3, 0.4) is 0 Å². The zero-order chi connectivity index (χ0) is 89.9. The number of benzene rings is 6. The fourth-order valence-corrected chi connectivity index (χ4v) is 14.8. The molecule has 3 aliphatic heterocycles. The number of aromatic nitrogens is 15. The first-order valence-corrected chi connectivity index (χ1v) is 43.1. The van der Waals surface area contributed by atoms with Gasteiger partial charge in [0, 0.05) is 174 Å². The van der Waals surface area contributed by atoms with Gasteiger partial charge in [0.15, 0.2) is 0 Å². The molecule has 656 valence electrons. The van der Waals surface area contributed by atoms with Crippen molar-refractivity contribution in [2.45, 2.75) is 125 Å². The van der Waals surface area contributed by atoms with Crippen LogP contribution in [0.1, 0.15) is 118 Å². The number of nitrogens with one attached hydrogen (secondary N) is 12. The first kappa shape index (κ1) is 87.3. The number of fused-ring (bicyclic) bond motifs is 3. The number of urea groups is 3. The van der Waals surface area contributed by atoms with Gasteiger partial charge in [-0.1, -0.05) is 92.6 Å². The van der Waals surface area contributed by atoms with Crippen LogP contribution in [0.15, 0.2) is 232 Å². The average Bonchev–Trinajstić information content (AvgIpc) is 1.67. The van der Waals surface area contributed by atoms with Crippen molar-refractivity contribution in [1.29, 1.82) is 0 Å². The molecule has 15 aromatic rings. The van der Waals surface area contributed by atoms with Crippen LogP contribution in [0.5, 0.6) is 0 Å². The Morgan fingerprint density at radius 1 is 0.364 bits per heavy atom. The summed E-state index contributed by atoms with van der Waals surface area (Å²) in [5.74, 6) is 4.13. The van der Waals surface area contributed by atoms with E-state index in [-0.39, 0.29) is 28.3 Å². The summed E-state index contributed by atoms with van der Waals surface area (Å²) in [6.45, 7) is 32.3. The van der Waals surface area contributed by atoms with Gasteiger partial charge >= 0.3 is 18.1 Å². The smallest absolute Gasteiger partial charge is 0.324 e. The van der Waals surface area contributed by atoms with Crippen LogP contribution in [0.25, 0.3) is 50.5 Å². The molecule has 3 aliphatic rings. The lowest BCUT2D eigenvalue weighted by Gasteiger charge is -2.28. The van der Waals surface area contributed by atoms with Gasteiger partial charge < -0.3 is 52.8 Å². The fourth-order valence-electron chi connectivity index (χ4n) is 14.8. The van der Waals surface area contributed by atoms with E-state index in [0.29, 0.717) is 52.4 Å². The zero-order valence-electron chi connectivity index (χ0n) is 74.4. The van der Waals surface area contributed by atoms with E-state index in [0.717, 1.165) is 172 Å². The number of carbonyl (C=O) groups excluding carboxylic acids is 3. The van der Waals surface area contributed by atoms with Crippen molar-refractivity contribution < 1.29 is 14.4 Å². The second-order valence-electron chi connectivity index (χ2n) is 35.1. The number of aryl methyl sites for hydroxylation is 3. The molecule has 0 spiro atoms. The van der Waals surface area contributed by atoms with Crippen molar-refractivity contribution >= 4 is 104 Å². The number of amides is 6. The van der Waals surface area contributed by atoms with Gasteiger partial charge in [0.25, 0.3) is 0 Å². The molecule has 0 atom stereocenters. The second kappa shape index (κ2) is 38.3. The minimum Gasteiger partial charge on any atom is -0.354 e. The van der Waals surface area contributed by atoms with Crippen LogP contribution in [0.2, 0.25) is 0 Å². The Morgan fingerprint density at radius 2 is 0.775 bits per heavy atom. The standard InChI is InChI=1S/C37H39N11O.C33H35N9O.C28H32N8O/c1-24-7-9-27(21-31(24)44-35-40-15-13-30(43-35)26-6-5-14-39-23-26)41-36(49)45-34-22-32(37(2,3)4)46-48(34)28-10-11-29-25(20-28)8-12-33(42-29)47-18-16-38-17-19-47;1-21-7-9-25(17-28(21)39-31-36-15-12-27(38-31)24-6-5-13-34-20-24)37-32(43)40-30-18-29(33(2,3)4)41-42(30)26-10-8-23-19-35-14-11-22(23)16-26;1-18-6-8-21(15-23(18)33-26-30-11-5-12-31-26)32-27(37)34-25-16-24(28(2,3)4)35-36(25)22-9-7-20-17-29-13-10-19(20)14-22/h5-15,20-23,38H,16-19H2,1-4H3,(H,40,43,44)(H2,41,45,49);5-10,12-13,15-18,20,35H,11,14,19H2,1-4H3,(H,36,38,39)(H2,37,40,43);5-9,11-12,14-16,29H,10,13,17H2,1-4H3,(H,30,31,33)(H2,32,34,37). The second-order valence-corrected chi connectivity index (χ2v) is 35.1. The predicted molar refractivity (Wildman–Crippen MR) is 512 cm³/mol. The normalized spacial score (nSPS) is 13.1. The fraction of sp³-hybridized carbons (Fsp3) is 0.255. The van der Waals surface area contributed by atoms with Crippen LogP contribution < -0.4 is 68.7 Å². The van der Waals surface area contributed by atoms with E-state index in [1.54, 1.807) is 60.3 Å². The molecule has 1 saturated heterocycles. The number of anilines is 13. The van der Waals surface area contributed by atoms with Gasteiger partial charge in [-0.2, -0.15) is 15.3 Å².